The fourth-order valence-corrected chi connectivity index (χ4v) is 3.96. The van der Waals surface area contributed by atoms with Gasteiger partial charge in [-0.25, -0.2) is 14.8 Å². The molecule has 0 unspecified atom stereocenters. The molecular formula is C23H21N5O5S. The highest BCUT2D eigenvalue weighted by Gasteiger charge is 2.16. The Morgan fingerprint density at radius 3 is 2.71 bits per heavy atom. The van der Waals surface area contributed by atoms with Crippen molar-refractivity contribution in [3.63, 3.8) is 0 Å². The van der Waals surface area contributed by atoms with Crippen LogP contribution in [0.25, 0.3) is 0 Å². The van der Waals surface area contributed by atoms with Crippen LogP contribution in [0.3, 0.4) is 0 Å². The number of nitrogens with one attached hydrogen (secondary N) is 3. The van der Waals surface area contributed by atoms with E-state index in [1.54, 1.807) is 37.3 Å². The van der Waals surface area contributed by atoms with Gasteiger partial charge in [-0.15, -0.1) is 0 Å². The first-order valence-electron chi connectivity index (χ1n) is 10.3. The summed E-state index contributed by atoms with van der Waals surface area (Å²) in [5.74, 6) is -0.943. The summed E-state index contributed by atoms with van der Waals surface area (Å²) in [5, 5.41) is 15.2. The van der Waals surface area contributed by atoms with Gasteiger partial charge in [-0.1, -0.05) is 18.2 Å². The average Bonchev–Trinajstić information content (AvgIpc) is 2.82. The molecule has 0 spiro atoms. The molecule has 0 bridgehead atoms. The number of aromatic nitrogens is 2. The number of anilines is 1. The second-order valence-corrected chi connectivity index (χ2v) is 8.38. The minimum Gasteiger partial charge on any atom is -0.482 e. The molecule has 34 heavy (non-hydrogen) atoms. The first-order valence-corrected chi connectivity index (χ1v) is 11.1. The Hall–Kier alpha value is -3.96. The van der Waals surface area contributed by atoms with Crippen molar-refractivity contribution in [2.75, 3.05) is 11.9 Å². The van der Waals surface area contributed by atoms with Crippen molar-refractivity contribution in [2.24, 2.45) is 0 Å². The third-order valence-electron chi connectivity index (χ3n) is 4.98. The Labute approximate surface area is 199 Å². The number of hydrogen-bond donors (Lipinski definition) is 4. The van der Waals surface area contributed by atoms with Gasteiger partial charge in [0.25, 0.3) is 11.8 Å². The van der Waals surface area contributed by atoms with Gasteiger partial charge in [0.1, 0.15) is 22.8 Å². The molecule has 0 saturated carbocycles. The number of rotatable bonds is 8. The maximum Gasteiger partial charge on any atom is 0.335 e. The van der Waals surface area contributed by atoms with Crippen LogP contribution in [-0.2, 0) is 17.9 Å². The van der Waals surface area contributed by atoms with Crippen LogP contribution in [0.1, 0.15) is 37.5 Å². The van der Waals surface area contributed by atoms with Crippen LogP contribution in [0, 0.1) is 6.92 Å². The van der Waals surface area contributed by atoms with E-state index in [1.165, 1.54) is 18.3 Å². The third-order valence-corrected chi connectivity index (χ3v) is 5.70. The normalized spacial score (nSPS) is 12.3. The zero-order valence-corrected chi connectivity index (χ0v) is 18.9. The highest BCUT2D eigenvalue weighted by Crippen LogP contribution is 2.28. The summed E-state index contributed by atoms with van der Waals surface area (Å²) in [6.07, 6.45) is 1.32. The van der Waals surface area contributed by atoms with E-state index in [1.807, 2.05) is 12.1 Å². The number of fused-ring (bicyclic) bond motifs is 1. The van der Waals surface area contributed by atoms with E-state index in [0.717, 1.165) is 11.1 Å². The third kappa shape index (κ3) is 5.69. The van der Waals surface area contributed by atoms with Gasteiger partial charge in [-0.2, -0.15) is 0 Å². The molecule has 0 aliphatic carbocycles. The lowest BCUT2D eigenvalue weighted by molar-refractivity contribution is -0.118. The molecule has 1 aliphatic heterocycles. The minimum absolute atomic E-state index is 0.0113. The van der Waals surface area contributed by atoms with Crippen molar-refractivity contribution in [3.8, 4) is 5.75 Å². The van der Waals surface area contributed by atoms with E-state index in [2.05, 4.69) is 25.3 Å². The fourth-order valence-electron chi connectivity index (χ4n) is 3.30. The van der Waals surface area contributed by atoms with Crippen LogP contribution in [0.15, 0.2) is 53.8 Å². The lowest BCUT2D eigenvalue weighted by Crippen LogP contribution is -2.26. The largest absolute Gasteiger partial charge is 0.482 e. The molecule has 1 aliphatic rings. The Morgan fingerprint density at radius 2 is 1.91 bits per heavy atom. The predicted octanol–water partition coefficient (Wildman–Crippen LogP) is 2.54. The van der Waals surface area contributed by atoms with E-state index < -0.39 is 5.97 Å². The molecule has 174 valence electrons. The molecule has 1 aromatic heterocycles. The number of amides is 2. The van der Waals surface area contributed by atoms with E-state index in [0.29, 0.717) is 28.6 Å². The fraction of sp³-hybridized carbons (Fsp3) is 0.174. The van der Waals surface area contributed by atoms with Gasteiger partial charge in [0.2, 0.25) is 0 Å². The van der Waals surface area contributed by atoms with Crippen molar-refractivity contribution < 1.29 is 24.2 Å². The number of aromatic carboxylic acids is 1. The molecule has 2 heterocycles. The standard InChI is InChI=1S/C23H21N5O5S/c1-13-6-14(2-4-16(13)23(31)32)10-27-34-21-8-18(25-12-26-21)22(30)24-9-15-3-5-19-17(7-15)28-20(29)11-33-19/h2-8,12,27H,9-11H2,1H3,(H,24,30)(H,28,29)(H,31,32). The number of carboxylic acids is 1. The van der Waals surface area contributed by atoms with Crippen molar-refractivity contribution in [3.05, 3.63) is 76.7 Å². The van der Waals surface area contributed by atoms with Gasteiger partial charge in [0.05, 0.1) is 11.3 Å². The zero-order valence-electron chi connectivity index (χ0n) is 18.1. The summed E-state index contributed by atoms with van der Waals surface area (Å²) in [7, 11) is 0. The Bertz CT molecular complexity index is 1270. The number of carbonyl (C=O) groups is 3. The number of carbonyl (C=O) groups excluding carboxylic acids is 2. The van der Waals surface area contributed by atoms with E-state index >= 15 is 0 Å². The van der Waals surface area contributed by atoms with Crippen LogP contribution in [0.5, 0.6) is 5.75 Å². The van der Waals surface area contributed by atoms with Crippen LogP contribution >= 0.6 is 11.9 Å². The molecule has 0 radical (unpaired) electrons. The van der Waals surface area contributed by atoms with Crippen LogP contribution in [0.2, 0.25) is 0 Å². The number of carboxylic acid groups (broad SMARTS) is 1. The molecular weight excluding hydrogens is 458 g/mol. The van der Waals surface area contributed by atoms with Gasteiger partial charge in [-0.3, -0.25) is 14.3 Å². The van der Waals surface area contributed by atoms with Crippen LogP contribution in [-0.4, -0.2) is 39.5 Å². The van der Waals surface area contributed by atoms with E-state index in [4.69, 9.17) is 9.84 Å². The molecule has 10 nitrogen and oxygen atoms in total. The quantitative estimate of drug-likeness (QED) is 0.283. The molecule has 0 atom stereocenters. The zero-order chi connectivity index (χ0) is 24.1. The van der Waals surface area contributed by atoms with Crippen LogP contribution in [0.4, 0.5) is 5.69 Å². The molecule has 3 aromatic rings. The molecule has 4 rings (SSSR count). The summed E-state index contributed by atoms with van der Waals surface area (Å²) in [6.45, 7) is 2.47. The summed E-state index contributed by atoms with van der Waals surface area (Å²) >= 11 is 1.24. The smallest absolute Gasteiger partial charge is 0.335 e. The van der Waals surface area contributed by atoms with E-state index in [9.17, 15) is 14.4 Å². The number of aryl methyl sites for hydroxylation is 1. The van der Waals surface area contributed by atoms with Gasteiger partial charge < -0.3 is 20.5 Å². The lowest BCUT2D eigenvalue weighted by Gasteiger charge is -2.18. The number of hydrogen-bond acceptors (Lipinski definition) is 8. The van der Waals surface area contributed by atoms with Gasteiger partial charge in [-0.05, 0) is 53.8 Å². The van der Waals surface area contributed by atoms with Gasteiger partial charge >= 0.3 is 5.97 Å². The number of nitrogens with zero attached hydrogens (tertiary/aromatic N) is 2. The Balaban J connectivity index is 1.31. The monoisotopic (exact) mass is 479 g/mol. The first-order chi connectivity index (χ1) is 16.4. The van der Waals surface area contributed by atoms with Crippen molar-refractivity contribution >= 4 is 35.4 Å². The predicted molar refractivity (Wildman–Crippen MR) is 125 cm³/mol. The Kier molecular flexibility index (Phi) is 7.04. The number of ether oxygens (including phenoxy) is 1. The summed E-state index contributed by atoms with van der Waals surface area (Å²) < 4.78 is 8.48. The summed E-state index contributed by atoms with van der Waals surface area (Å²) in [4.78, 5) is 43.4. The van der Waals surface area contributed by atoms with Crippen molar-refractivity contribution in [1.82, 2.24) is 20.0 Å². The van der Waals surface area contributed by atoms with Gasteiger partial charge in [0.15, 0.2) is 6.61 Å². The molecule has 2 amide bonds. The molecule has 0 saturated heterocycles. The number of benzene rings is 2. The average molecular weight is 480 g/mol. The SMILES string of the molecule is Cc1cc(CNSc2cc(C(=O)NCc3ccc4c(c3)NC(=O)CO4)ncn2)ccc1C(=O)O. The van der Waals surface area contributed by atoms with Crippen molar-refractivity contribution in [2.45, 2.75) is 25.0 Å². The van der Waals surface area contributed by atoms with Gasteiger partial charge in [0, 0.05) is 19.2 Å². The highest BCUT2D eigenvalue weighted by atomic mass is 32.2. The Morgan fingerprint density at radius 1 is 1.12 bits per heavy atom. The maximum absolute atomic E-state index is 12.6. The van der Waals surface area contributed by atoms with Crippen LogP contribution < -0.4 is 20.1 Å². The summed E-state index contributed by atoms with van der Waals surface area (Å²) in [5.41, 5.74) is 3.47. The van der Waals surface area contributed by atoms with E-state index in [-0.39, 0.29) is 36.2 Å². The lowest BCUT2D eigenvalue weighted by atomic mass is 10.1. The maximum atomic E-state index is 12.6. The molecule has 11 heteroatoms. The highest BCUT2D eigenvalue weighted by molar-refractivity contribution is 7.97. The summed E-state index contributed by atoms with van der Waals surface area (Å²) in [6, 6.07) is 12.0. The molecule has 4 N–H and O–H groups in total. The minimum atomic E-state index is -0.953. The molecule has 0 fully saturated rings. The second-order valence-electron chi connectivity index (χ2n) is 7.47. The topological polar surface area (TPSA) is 143 Å². The first kappa shape index (κ1) is 23.2. The molecule has 2 aromatic carbocycles. The van der Waals surface area contributed by atoms with Crippen molar-refractivity contribution in [1.29, 1.82) is 0 Å². The second kappa shape index (κ2) is 10.3.